The summed E-state index contributed by atoms with van der Waals surface area (Å²) in [5.74, 6) is 0.377. The van der Waals surface area contributed by atoms with E-state index in [0.717, 1.165) is 0 Å². The van der Waals surface area contributed by atoms with Gasteiger partial charge in [-0.2, -0.15) is 0 Å². The number of nitrogens with one attached hydrogen (secondary N) is 2. The lowest BCUT2D eigenvalue weighted by Crippen LogP contribution is -2.35. The Bertz CT molecular complexity index is 403. The van der Waals surface area contributed by atoms with E-state index in [4.69, 9.17) is 10.5 Å². The van der Waals surface area contributed by atoms with Crippen molar-refractivity contribution in [1.29, 1.82) is 0 Å². The molecule has 0 fully saturated rings. The molecule has 0 aliphatic carbocycles. The molecule has 0 unspecified atom stereocenters. The van der Waals surface area contributed by atoms with Crippen molar-refractivity contribution in [3.8, 4) is 0 Å². The Kier molecular flexibility index (Phi) is 4.70. The summed E-state index contributed by atoms with van der Waals surface area (Å²) in [5, 5.41) is 5.63. The lowest BCUT2D eigenvalue weighted by molar-refractivity contribution is 0.0530. The van der Waals surface area contributed by atoms with E-state index in [0.29, 0.717) is 24.6 Å². The first-order valence-electron chi connectivity index (χ1n) is 5.65. The zero-order valence-electron chi connectivity index (χ0n) is 10.9. The summed E-state index contributed by atoms with van der Waals surface area (Å²) in [5.41, 5.74) is 5.77. The zero-order chi connectivity index (χ0) is 13.6. The molecule has 1 rings (SSSR count). The standard InChI is InChI=1S/C11H19N5O2/c1-11(2,3)18-10(17)15-5-4-14-8-6-13-7-16-9(8)12/h6-7,14H,4-5H2,1-3H3,(H,15,17)(H2,12,13,16). The number of carbonyl (C=O) groups is 1. The summed E-state index contributed by atoms with van der Waals surface area (Å²) in [4.78, 5) is 19.0. The number of nitrogens with zero attached hydrogens (tertiary/aromatic N) is 2. The van der Waals surface area contributed by atoms with Gasteiger partial charge in [-0.3, -0.25) is 0 Å². The molecule has 1 heterocycles. The van der Waals surface area contributed by atoms with Crippen LogP contribution in [0, 0.1) is 0 Å². The molecule has 1 aromatic rings. The van der Waals surface area contributed by atoms with Crippen molar-refractivity contribution in [3.63, 3.8) is 0 Å². The molecule has 0 bridgehead atoms. The molecular formula is C11H19N5O2. The van der Waals surface area contributed by atoms with Crippen LogP contribution in [0.4, 0.5) is 16.3 Å². The summed E-state index contributed by atoms with van der Waals surface area (Å²) < 4.78 is 5.09. The number of anilines is 2. The lowest BCUT2D eigenvalue weighted by Gasteiger charge is -2.19. The maximum Gasteiger partial charge on any atom is 0.407 e. The van der Waals surface area contributed by atoms with Gasteiger partial charge in [-0.15, -0.1) is 0 Å². The van der Waals surface area contributed by atoms with Gasteiger partial charge in [0.1, 0.15) is 17.7 Å². The molecule has 0 radical (unpaired) electrons. The van der Waals surface area contributed by atoms with Crippen molar-refractivity contribution in [2.24, 2.45) is 0 Å². The third-order valence-corrected chi connectivity index (χ3v) is 1.85. The van der Waals surface area contributed by atoms with Gasteiger partial charge in [0, 0.05) is 13.1 Å². The first-order valence-corrected chi connectivity index (χ1v) is 5.65. The molecular weight excluding hydrogens is 234 g/mol. The highest BCUT2D eigenvalue weighted by atomic mass is 16.6. The maximum absolute atomic E-state index is 11.3. The summed E-state index contributed by atoms with van der Waals surface area (Å²) >= 11 is 0. The molecule has 18 heavy (non-hydrogen) atoms. The van der Waals surface area contributed by atoms with Crippen LogP contribution in [0.3, 0.4) is 0 Å². The molecule has 7 heteroatoms. The van der Waals surface area contributed by atoms with Crippen LogP contribution >= 0.6 is 0 Å². The first kappa shape index (κ1) is 14.0. The molecule has 4 N–H and O–H groups in total. The number of alkyl carbamates (subject to hydrolysis) is 1. The van der Waals surface area contributed by atoms with Crippen LogP contribution in [-0.4, -0.2) is 34.8 Å². The van der Waals surface area contributed by atoms with Gasteiger partial charge in [-0.25, -0.2) is 14.8 Å². The Morgan fingerprint density at radius 3 is 2.78 bits per heavy atom. The second-order valence-corrected chi connectivity index (χ2v) is 4.68. The minimum Gasteiger partial charge on any atom is -0.444 e. The quantitative estimate of drug-likeness (QED) is 0.692. The summed E-state index contributed by atoms with van der Waals surface area (Å²) in [6.45, 7) is 6.37. The SMILES string of the molecule is CC(C)(C)OC(=O)NCCNc1cncnc1N. The molecule has 0 saturated heterocycles. The van der Waals surface area contributed by atoms with E-state index in [9.17, 15) is 4.79 Å². The van der Waals surface area contributed by atoms with Crippen LogP contribution in [0.5, 0.6) is 0 Å². The molecule has 7 nitrogen and oxygen atoms in total. The Balaban J connectivity index is 2.23. The van der Waals surface area contributed by atoms with Crippen molar-refractivity contribution in [2.45, 2.75) is 26.4 Å². The molecule has 0 saturated carbocycles. The monoisotopic (exact) mass is 253 g/mol. The minimum absolute atomic E-state index is 0.377. The topological polar surface area (TPSA) is 102 Å². The van der Waals surface area contributed by atoms with E-state index < -0.39 is 11.7 Å². The van der Waals surface area contributed by atoms with E-state index in [1.54, 1.807) is 6.20 Å². The van der Waals surface area contributed by atoms with E-state index in [1.807, 2.05) is 20.8 Å². The fraction of sp³-hybridized carbons (Fsp3) is 0.545. The van der Waals surface area contributed by atoms with Crippen molar-refractivity contribution < 1.29 is 9.53 Å². The maximum atomic E-state index is 11.3. The minimum atomic E-state index is -0.491. The number of hydrogen-bond acceptors (Lipinski definition) is 6. The van der Waals surface area contributed by atoms with Crippen LogP contribution in [-0.2, 0) is 4.74 Å². The number of ether oxygens (including phenoxy) is 1. The second kappa shape index (κ2) is 6.04. The Hall–Kier alpha value is -2.05. The summed E-state index contributed by atoms with van der Waals surface area (Å²) in [6, 6.07) is 0. The number of nitrogen functional groups attached to an aromatic ring is 1. The fourth-order valence-corrected chi connectivity index (χ4v) is 1.15. The zero-order valence-corrected chi connectivity index (χ0v) is 10.9. The second-order valence-electron chi connectivity index (χ2n) is 4.68. The summed E-state index contributed by atoms with van der Waals surface area (Å²) in [6.07, 6.45) is 2.51. The van der Waals surface area contributed by atoms with Crippen LogP contribution in [0.1, 0.15) is 20.8 Å². The third-order valence-electron chi connectivity index (χ3n) is 1.85. The average molecular weight is 253 g/mol. The molecule has 0 aliphatic rings. The van der Waals surface area contributed by atoms with Gasteiger partial charge in [0.2, 0.25) is 0 Å². The lowest BCUT2D eigenvalue weighted by atomic mass is 10.2. The largest absolute Gasteiger partial charge is 0.444 e. The first-order chi connectivity index (χ1) is 8.38. The van der Waals surface area contributed by atoms with E-state index in [2.05, 4.69) is 20.6 Å². The van der Waals surface area contributed by atoms with Crippen LogP contribution < -0.4 is 16.4 Å². The summed E-state index contributed by atoms with van der Waals surface area (Å²) in [7, 11) is 0. The Morgan fingerprint density at radius 2 is 2.17 bits per heavy atom. The number of aromatic nitrogens is 2. The number of carbonyl (C=O) groups excluding carboxylic acids is 1. The molecule has 0 spiro atoms. The van der Waals surface area contributed by atoms with E-state index >= 15 is 0 Å². The van der Waals surface area contributed by atoms with Gasteiger partial charge in [-0.1, -0.05) is 0 Å². The van der Waals surface area contributed by atoms with Crippen LogP contribution in [0.25, 0.3) is 0 Å². The van der Waals surface area contributed by atoms with Gasteiger partial charge in [-0.05, 0) is 20.8 Å². The van der Waals surface area contributed by atoms with Crippen LogP contribution in [0.2, 0.25) is 0 Å². The van der Waals surface area contributed by atoms with Gasteiger partial charge in [0.15, 0.2) is 0 Å². The highest BCUT2D eigenvalue weighted by molar-refractivity contribution is 5.67. The smallest absolute Gasteiger partial charge is 0.407 e. The number of amides is 1. The van der Waals surface area contributed by atoms with Crippen molar-refractivity contribution in [1.82, 2.24) is 15.3 Å². The van der Waals surface area contributed by atoms with Crippen molar-refractivity contribution >= 4 is 17.6 Å². The number of hydrogen-bond donors (Lipinski definition) is 3. The molecule has 1 aromatic heterocycles. The van der Waals surface area contributed by atoms with Crippen molar-refractivity contribution in [3.05, 3.63) is 12.5 Å². The molecule has 1 amide bonds. The third kappa shape index (κ3) is 5.33. The van der Waals surface area contributed by atoms with Gasteiger partial charge in [0.05, 0.1) is 11.9 Å². The van der Waals surface area contributed by atoms with Crippen molar-refractivity contribution in [2.75, 3.05) is 24.1 Å². The predicted molar refractivity (Wildman–Crippen MR) is 69.2 cm³/mol. The molecule has 100 valence electrons. The highest BCUT2D eigenvalue weighted by Gasteiger charge is 2.15. The normalized spacial score (nSPS) is 10.8. The molecule has 0 aromatic carbocycles. The molecule has 0 atom stereocenters. The predicted octanol–water partition coefficient (Wildman–Crippen LogP) is 0.995. The van der Waals surface area contributed by atoms with Gasteiger partial charge < -0.3 is 21.1 Å². The van der Waals surface area contributed by atoms with E-state index in [-0.39, 0.29) is 0 Å². The van der Waals surface area contributed by atoms with E-state index in [1.165, 1.54) is 6.33 Å². The molecule has 0 aliphatic heterocycles. The Morgan fingerprint density at radius 1 is 1.44 bits per heavy atom. The average Bonchev–Trinajstić information content (AvgIpc) is 2.24. The van der Waals surface area contributed by atoms with Gasteiger partial charge >= 0.3 is 6.09 Å². The fourth-order valence-electron chi connectivity index (χ4n) is 1.15. The highest BCUT2D eigenvalue weighted by Crippen LogP contribution is 2.10. The number of rotatable bonds is 4. The van der Waals surface area contributed by atoms with Gasteiger partial charge in [0.25, 0.3) is 0 Å². The van der Waals surface area contributed by atoms with Crippen LogP contribution in [0.15, 0.2) is 12.5 Å². The Labute approximate surface area is 106 Å². The number of nitrogens with two attached hydrogens (primary N) is 1.